The molecule has 0 aliphatic carbocycles. The lowest BCUT2D eigenvalue weighted by molar-refractivity contribution is 0.627. The molecule has 0 radical (unpaired) electrons. The number of thiophene rings is 1. The minimum atomic E-state index is -0.264. The number of hydrogen-bond acceptors (Lipinski definition) is 4. The van der Waals surface area contributed by atoms with Gasteiger partial charge in [-0.05, 0) is 64.9 Å². The summed E-state index contributed by atoms with van der Waals surface area (Å²) in [5.41, 5.74) is 0.789. The number of nitrogens with one attached hydrogen (secondary N) is 1. The molecule has 3 nitrogen and oxygen atoms in total. The number of aromatic nitrogens is 2. The average Bonchev–Trinajstić information content (AvgIpc) is 2.85. The van der Waals surface area contributed by atoms with Gasteiger partial charge in [-0.25, -0.2) is 9.37 Å². The van der Waals surface area contributed by atoms with E-state index in [0.717, 1.165) is 25.9 Å². The van der Waals surface area contributed by atoms with E-state index < -0.39 is 0 Å². The van der Waals surface area contributed by atoms with Crippen LogP contribution in [0.15, 0.2) is 24.3 Å². The summed E-state index contributed by atoms with van der Waals surface area (Å²) in [6.07, 6.45) is 0.937. The van der Waals surface area contributed by atoms with Crippen molar-refractivity contribution in [3.8, 4) is 0 Å². The van der Waals surface area contributed by atoms with Crippen molar-refractivity contribution in [1.29, 1.82) is 0 Å². The molecule has 7 heteroatoms. The van der Waals surface area contributed by atoms with Crippen LogP contribution in [0.3, 0.4) is 0 Å². The van der Waals surface area contributed by atoms with Gasteiger partial charge in [0.05, 0.1) is 11.1 Å². The quantitative estimate of drug-likeness (QED) is 0.444. The van der Waals surface area contributed by atoms with Gasteiger partial charge < -0.3 is 5.32 Å². The molecule has 108 valence electrons. The van der Waals surface area contributed by atoms with Crippen molar-refractivity contribution in [2.45, 2.75) is 13.3 Å². The highest BCUT2D eigenvalue weighted by molar-refractivity contribution is 14.1. The second-order valence-corrected chi connectivity index (χ2v) is 6.99. The van der Waals surface area contributed by atoms with Crippen LogP contribution in [-0.2, 0) is 6.42 Å². The number of aryl methyl sites for hydroxylation is 1. The minimum Gasteiger partial charge on any atom is -0.339 e. The van der Waals surface area contributed by atoms with E-state index in [0.29, 0.717) is 5.82 Å². The molecule has 1 N–H and O–H groups in total. The molecule has 0 amide bonds. The van der Waals surface area contributed by atoms with Crippen molar-refractivity contribution in [2.75, 3.05) is 5.32 Å². The first kappa shape index (κ1) is 14.9. The fraction of sp³-hybridized carbons (Fsp3) is 0.143. The standard InChI is InChI=1S/C14H10ClFIN3S/c1-2-8-6-9-12(19-14(15)20-13(9)21-8)18-11-4-3-7(16)5-10(11)17/h3-6H,2H2,1H3,(H,18,19,20). The molecular formula is C14H10ClFIN3S. The molecule has 1 aromatic carbocycles. The maximum absolute atomic E-state index is 13.2. The van der Waals surface area contributed by atoms with Gasteiger partial charge in [-0.3, -0.25) is 0 Å². The summed E-state index contributed by atoms with van der Waals surface area (Å²) in [4.78, 5) is 10.6. The van der Waals surface area contributed by atoms with E-state index in [4.69, 9.17) is 11.6 Å². The number of fused-ring (bicyclic) bond motifs is 1. The van der Waals surface area contributed by atoms with Crippen molar-refractivity contribution >= 4 is 67.3 Å². The Labute approximate surface area is 143 Å². The van der Waals surface area contributed by atoms with E-state index in [1.165, 1.54) is 17.0 Å². The topological polar surface area (TPSA) is 37.8 Å². The van der Waals surface area contributed by atoms with E-state index in [9.17, 15) is 4.39 Å². The second kappa shape index (κ2) is 6.02. The fourth-order valence-electron chi connectivity index (χ4n) is 1.93. The summed E-state index contributed by atoms with van der Waals surface area (Å²) in [6.45, 7) is 2.09. The third-order valence-electron chi connectivity index (χ3n) is 2.95. The molecule has 0 fully saturated rings. The monoisotopic (exact) mass is 433 g/mol. The van der Waals surface area contributed by atoms with Gasteiger partial charge >= 0.3 is 0 Å². The van der Waals surface area contributed by atoms with Gasteiger partial charge in [0.2, 0.25) is 5.28 Å². The highest BCUT2D eigenvalue weighted by Crippen LogP contribution is 2.33. The third kappa shape index (κ3) is 3.12. The Morgan fingerprint density at radius 2 is 2.14 bits per heavy atom. The predicted molar refractivity (Wildman–Crippen MR) is 94.2 cm³/mol. The Bertz CT molecular complexity index is 821. The number of rotatable bonds is 3. The molecule has 21 heavy (non-hydrogen) atoms. The minimum absolute atomic E-state index is 0.201. The normalized spacial score (nSPS) is 11.0. The van der Waals surface area contributed by atoms with Gasteiger partial charge in [-0.1, -0.05) is 6.92 Å². The van der Waals surface area contributed by atoms with Crippen LogP contribution in [0.4, 0.5) is 15.9 Å². The summed E-state index contributed by atoms with van der Waals surface area (Å²) in [5.74, 6) is 0.380. The van der Waals surface area contributed by atoms with Crippen molar-refractivity contribution < 1.29 is 4.39 Å². The Balaban J connectivity index is 2.08. The maximum Gasteiger partial charge on any atom is 0.225 e. The molecule has 3 aromatic rings. The Hall–Kier alpha value is -0.990. The number of benzene rings is 1. The van der Waals surface area contributed by atoms with Crippen LogP contribution >= 0.6 is 45.5 Å². The van der Waals surface area contributed by atoms with Crippen LogP contribution in [-0.4, -0.2) is 9.97 Å². The summed E-state index contributed by atoms with van der Waals surface area (Å²) in [7, 11) is 0. The van der Waals surface area contributed by atoms with Gasteiger partial charge in [-0.15, -0.1) is 11.3 Å². The molecule has 0 unspecified atom stereocenters. The van der Waals surface area contributed by atoms with Crippen molar-refractivity contribution in [3.05, 3.63) is 43.8 Å². The Morgan fingerprint density at radius 1 is 1.33 bits per heavy atom. The van der Waals surface area contributed by atoms with Crippen molar-refractivity contribution in [3.63, 3.8) is 0 Å². The first-order valence-corrected chi connectivity index (χ1v) is 8.52. The first-order valence-electron chi connectivity index (χ1n) is 6.25. The maximum atomic E-state index is 13.2. The van der Waals surface area contributed by atoms with Crippen LogP contribution < -0.4 is 5.32 Å². The lowest BCUT2D eigenvalue weighted by Gasteiger charge is -2.09. The zero-order valence-corrected chi connectivity index (χ0v) is 14.7. The smallest absolute Gasteiger partial charge is 0.225 e. The summed E-state index contributed by atoms with van der Waals surface area (Å²) >= 11 is 9.68. The lowest BCUT2D eigenvalue weighted by atomic mass is 10.3. The Kier molecular flexibility index (Phi) is 4.28. The van der Waals surface area contributed by atoms with Gasteiger partial charge in [0.1, 0.15) is 16.5 Å². The average molecular weight is 434 g/mol. The molecule has 0 aliphatic heterocycles. The second-order valence-electron chi connectivity index (χ2n) is 4.38. The van der Waals surface area contributed by atoms with Gasteiger partial charge in [0, 0.05) is 8.45 Å². The summed E-state index contributed by atoms with van der Waals surface area (Å²) in [6, 6.07) is 6.63. The summed E-state index contributed by atoms with van der Waals surface area (Å²) < 4.78 is 14.0. The molecule has 0 bridgehead atoms. The van der Waals surface area contributed by atoms with E-state index >= 15 is 0 Å². The Morgan fingerprint density at radius 3 is 2.86 bits per heavy atom. The van der Waals surface area contributed by atoms with E-state index in [2.05, 4.69) is 50.9 Å². The number of nitrogens with zero attached hydrogens (tertiary/aromatic N) is 2. The van der Waals surface area contributed by atoms with E-state index in [1.54, 1.807) is 17.4 Å². The SMILES string of the molecule is CCc1cc2c(Nc3ccc(F)cc3I)nc(Cl)nc2s1. The number of hydrogen-bond donors (Lipinski definition) is 1. The fourth-order valence-corrected chi connectivity index (χ4v) is 3.73. The first-order chi connectivity index (χ1) is 10.1. The molecule has 0 atom stereocenters. The van der Waals surface area contributed by atoms with Crippen molar-refractivity contribution in [1.82, 2.24) is 9.97 Å². The molecule has 2 heterocycles. The largest absolute Gasteiger partial charge is 0.339 e. The number of halogens is 3. The van der Waals surface area contributed by atoms with E-state index in [-0.39, 0.29) is 11.1 Å². The molecule has 0 aliphatic rings. The van der Waals surface area contributed by atoms with Crippen LogP contribution in [0.25, 0.3) is 10.2 Å². The van der Waals surface area contributed by atoms with Crippen LogP contribution in [0.1, 0.15) is 11.8 Å². The zero-order valence-electron chi connectivity index (χ0n) is 11.0. The van der Waals surface area contributed by atoms with Crippen LogP contribution in [0.5, 0.6) is 0 Å². The third-order valence-corrected chi connectivity index (χ3v) is 5.18. The number of anilines is 2. The highest BCUT2D eigenvalue weighted by atomic mass is 127. The molecular weight excluding hydrogens is 424 g/mol. The van der Waals surface area contributed by atoms with Gasteiger partial charge in [0.25, 0.3) is 0 Å². The molecule has 0 saturated heterocycles. The van der Waals surface area contributed by atoms with Gasteiger partial charge in [0.15, 0.2) is 0 Å². The molecule has 0 spiro atoms. The predicted octanol–water partition coefficient (Wildman–Crippen LogP) is 5.39. The molecule has 3 rings (SSSR count). The van der Waals surface area contributed by atoms with E-state index in [1.807, 2.05) is 0 Å². The van der Waals surface area contributed by atoms with Crippen molar-refractivity contribution in [2.24, 2.45) is 0 Å². The zero-order chi connectivity index (χ0) is 15.0. The summed E-state index contributed by atoms with van der Waals surface area (Å²) in [5, 5.41) is 4.35. The highest BCUT2D eigenvalue weighted by Gasteiger charge is 2.12. The van der Waals surface area contributed by atoms with Gasteiger partial charge in [-0.2, -0.15) is 4.98 Å². The molecule has 2 aromatic heterocycles. The molecule has 0 saturated carbocycles. The van der Waals surface area contributed by atoms with Crippen LogP contribution in [0, 0.1) is 9.39 Å². The lowest BCUT2D eigenvalue weighted by Crippen LogP contribution is -1.98. The van der Waals surface area contributed by atoms with Crippen LogP contribution in [0.2, 0.25) is 5.28 Å².